The highest BCUT2D eigenvalue weighted by Crippen LogP contribution is 2.22. The molecule has 0 aliphatic carbocycles. The number of H-pyrrole nitrogens is 1. The second-order valence-electron chi connectivity index (χ2n) is 5.16. The predicted octanol–water partition coefficient (Wildman–Crippen LogP) is 3.11. The van der Waals surface area contributed by atoms with Crippen LogP contribution in [0.2, 0.25) is 0 Å². The molecule has 1 heterocycles. The van der Waals surface area contributed by atoms with Crippen LogP contribution in [-0.4, -0.2) is 18.1 Å². The molecular weight excluding hydrogens is 262 g/mol. The largest absolute Gasteiger partial charge is 0.399 e. The van der Waals surface area contributed by atoms with E-state index in [2.05, 4.69) is 23.7 Å². The monoisotopic (exact) mass is 281 g/mol. The van der Waals surface area contributed by atoms with Crippen LogP contribution in [0.25, 0.3) is 21.8 Å². The molecule has 0 amide bonds. The Morgan fingerprint density at radius 1 is 1.00 bits per heavy atom. The van der Waals surface area contributed by atoms with Crippen LogP contribution in [0.4, 0.5) is 11.4 Å². The Morgan fingerprint density at radius 3 is 2.29 bits per heavy atom. The minimum atomic E-state index is 0.0462. The number of fused-ring (bicyclic) bond motifs is 2. The normalized spacial score (nSPS) is 11.1. The zero-order valence-electron chi connectivity index (χ0n) is 12.3. The highest BCUT2D eigenvalue weighted by atomic mass is 16.1. The Morgan fingerprint density at radius 2 is 1.62 bits per heavy atom. The fourth-order valence-electron chi connectivity index (χ4n) is 2.77. The van der Waals surface area contributed by atoms with E-state index in [4.69, 9.17) is 5.73 Å². The Labute approximate surface area is 123 Å². The van der Waals surface area contributed by atoms with Gasteiger partial charge < -0.3 is 15.6 Å². The van der Waals surface area contributed by atoms with Crippen molar-refractivity contribution in [1.82, 2.24) is 4.98 Å². The third-order valence-corrected chi connectivity index (χ3v) is 3.93. The lowest BCUT2D eigenvalue weighted by molar-refractivity contribution is 0.867. The number of nitrogens with zero attached hydrogens (tertiary/aromatic N) is 1. The molecule has 0 atom stereocenters. The van der Waals surface area contributed by atoms with E-state index < -0.39 is 0 Å². The van der Waals surface area contributed by atoms with Crippen molar-refractivity contribution < 1.29 is 0 Å². The molecule has 0 radical (unpaired) electrons. The number of hydrogen-bond acceptors (Lipinski definition) is 3. The summed E-state index contributed by atoms with van der Waals surface area (Å²) in [6.45, 7) is 6.12. The van der Waals surface area contributed by atoms with Crippen LogP contribution in [0.3, 0.4) is 0 Å². The number of anilines is 2. The van der Waals surface area contributed by atoms with Gasteiger partial charge in [-0.25, -0.2) is 0 Å². The zero-order valence-corrected chi connectivity index (χ0v) is 12.3. The van der Waals surface area contributed by atoms with Gasteiger partial charge in [-0.05, 0) is 50.2 Å². The number of nitrogens with two attached hydrogens (primary N) is 1. The maximum Gasteiger partial charge on any atom is 0.197 e. The Kier molecular flexibility index (Phi) is 3.29. The van der Waals surface area contributed by atoms with Crippen LogP contribution in [0, 0.1) is 0 Å². The van der Waals surface area contributed by atoms with Crippen molar-refractivity contribution in [3.05, 3.63) is 46.6 Å². The number of aromatic nitrogens is 1. The fourth-order valence-corrected chi connectivity index (χ4v) is 2.77. The van der Waals surface area contributed by atoms with Crippen LogP contribution in [0.5, 0.6) is 0 Å². The molecule has 3 aromatic rings. The summed E-state index contributed by atoms with van der Waals surface area (Å²) in [4.78, 5) is 18.1. The quantitative estimate of drug-likeness (QED) is 0.573. The third-order valence-electron chi connectivity index (χ3n) is 3.93. The van der Waals surface area contributed by atoms with Crippen molar-refractivity contribution >= 4 is 33.2 Å². The van der Waals surface area contributed by atoms with Crippen molar-refractivity contribution in [3.63, 3.8) is 0 Å². The van der Waals surface area contributed by atoms with Gasteiger partial charge >= 0.3 is 0 Å². The molecule has 0 saturated carbocycles. The molecule has 3 rings (SSSR count). The van der Waals surface area contributed by atoms with Gasteiger partial charge in [0.2, 0.25) is 0 Å². The summed E-state index contributed by atoms with van der Waals surface area (Å²) < 4.78 is 0. The van der Waals surface area contributed by atoms with E-state index in [1.165, 1.54) is 0 Å². The summed E-state index contributed by atoms with van der Waals surface area (Å²) >= 11 is 0. The lowest BCUT2D eigenvalue weighted by Crippen LogP contribution is -2.21. The minimum Gasteiger partial charge on any atom is -0.399 e. The second-order valence-corrected chi connectivity index (χ2v) is 5.16. The maximum absolute atomic E-state index is 12.5. The number of hydrogen-bond donors (Lipinski definition) is 2. The summed E-state index contributed by atoms with van der Waals surface area (Å²) in [5, 5.41) is 1.38. The van der Waals surface area contributed by atoms with Gasteiger partial charge in [0.25, 0.3) is 0 Å². The van der Waals surface area contributed by atoms with Crippen LogP contribution in [0.1, 0.15) is 13.8 Å². The van der Waals surface area contributed by atoms with E-state index in [0.29, 0.717) is 16.5 Å². The number of benzene rings is 2. The first kappa shape index (κ1) is 13.5. The average molecular weight is 281 g/mol. The summed E-state index contributed by atoms with van der Waals surface area (Å²) in [6.07, 6.45) is 0. The van der Waals surface area contributed by atoms with Crippen molar-refractivity contribution in [2.45, 2.75) is 13.8 Å². The average Bonchev–Trinajstić information content (AvgIpc) is 2.48. The van der Waals surface area contributed by atoms with Crippen molar-refractivity contribution in [3.8, 4) is 0 Å². The second kappa shape index (κ2) is 5.13. The van der Waals surface area contributed by atoms with Crippen LogP contribution >= 0.6 is 0 Å². The number of nitrogens with one attached hydrogen (secondary N) is 1. The molecule has 0 unspecified atom stereocenters. The Hall–Kier alpha value is -2.49. The van der Waals surface area contributed by atoms with Gasteiger partial charge in [-0.1, -0.05) is 0 Å². The summed E-state index contributed by atoms with van der Waals surface area (Å²) in [7, 11) is 0. The van der Waals surface area contributed by atoms with E-state index in [0.717, 1.165) is 29.8 Å². The number of nitrogen functional groups attached to an aromatic ring is 1. The van der Waals surface area contributed by atoms with Crippen molar-refractivity contribution in [2.75, 3.05) is 23.7 Å². The molecule has 4 nitrogen and oxygen atoms in total. The first-order valence-electron chi connectivity index (χ1n) is 7.24. The Balaban J connectivity index is 2.30. The summed E-state index contributed by atoms with van der Waals surface area (Å²) in [5.74, 6) is 0. The van der Waals surface area contributed by atoms with Crippen LogP contribution < -0.4 is 16.1 Å². The predicted molar refractivity (Wildman–Crippen MR) is 90.0 cm³/mol. The number of aromatic amines is 1. The Bertz CT molecular complexity index is 863. The molecule has 0 aliphatic rings. The third kappa shape index (κ3) is 2.23. The first-order valence-corrected chi connectivity index (χ1v) is 7.24. The van der Waals surface area contributed by atoms with Crippen molar-refractivity contribution in [1.29, 1.82) is 0 Å². The molecular formula is C17H19N3O. The lowest BCUT2D eigenvalue weighted by Gasteiger charge is -2.21. The van der Waals surface area contributed by atoms with Gasteiger partial charge in [-0.15, -0.1) is 0 Å². The molecule has 4 heteroatoms. The molecule has 0 fully saturated rings. The van der Waals surface area contributed by atoms with Gasteiger partial charge in [-0.3, -0.25) is 4.79 Å². The maximum atomic E-state index is 12.5. The van der Waals surface area contributed by atoms with E-state index in [1.54, 1.807) is 18.2 Å². The van der Waals surface area contributed by atoms with Crippen LogP contribution in [0.15, 0.2) is 41.2 Å². The number of pyridine rings is 1. The van der Waals surface area contributed by atoms with E-state index in [-0.39, 0.29) is 5.43 Å². The molecule has 0 saturated heterocycles. The zero-order chi connectivity index (χ0) is 15.0. The molecule has 21 heavy (non-hydrogen) atoms. The molecule has 1 aromatic heterocycles. The lowest BCUT2D eigenvalue weighted by atomic mass is 10.1. The van der Waals surface area contributed by atoms with Gasteiger partial charge in [0.1, 0.15) is 0 Å². The first-order chi connectivity index (χ1) is 10.1. The van der Waals surface area contributed by atoms with E-state index >= 15 is 0 Å². The van der Waals surface area contributed by atoms with Gasteiger partial charge in [-0.2, -0.15) is 0 Å². The fraction of sp³-hybridized carbons (Fsp3) is 0.235. The van der Waals surface area contributed by atoms with E-state index in [1.807, 2.05) is 18.2 Å². The molecule has 2 aromatic carbocycles. The highest BCUT2D eigenvalue weighted by Gasteiger charge is 2.08. The van der Waals surface area contributed by atoms with Crippen molar-refractivity contribution in [2.24, 2.45) is 0 Å². The molecule has 0 spiro atoms. The highest BCUT2D eigenvalue weighted by molar-refractivity contribution is 5.94. The summed E-state index contributed by atoms with van der Waals surface area (Å²) in [5.41, 5.74) is 9.25. The smallest absolute Gasteiger partial charge is 0.197 e. The SMILES string of the molecule is CCN(CC)c1ccc2c(=O)c3ccc(N)cc3[nH]c2c1. The van der Waals surface area contributed by atoms with Gasteiger partial charge in [0.15, 0.2) is 5.43 Å². The summed E-state index contributed by atoms with van der Waals surface area (Å²) in [6, 6.07) is 11.3. The van der Waals surface area contributed by atoms with Gasteiger partial charge in [0, 0.05) is 35.2 Å². The topological polar surface area (TPSA) is 62.1 Å². The molecule has 0 aliphatic heterocycles. The van der Waals surface area contributed by atoms with Gasteiger partial charge in [0.05, 0.1) is 11.0 Å². The standard InChI is InChI=1S/C17H19N3O/c1-3-20(4-2)12-6-8-14-16(10-12)19-15-9-11(18)5-7-13(15)17(14)21/h5-10H,3-4,18H2,1-2H3,(H,19,21). The molecule has 3 N–H and O–H groups in total. The minimum absolute atomic E-state index is 0.0462. The molecule has 108 valence electrons. The number of rotatable bonds is 3. The van der Waals surface area contributed by atoms with Crippen LogP contribution in [-0.2, 0) is 0 Å². The van der Waals surface area contributed by atoms with E-state index in [9.17, 15) is 4.79 Å². The molecule has 0 bridgehead atoms.